The minimum absolute atomic E-state index is 0.117. The standard InChI is InChI=1S/C17H21N3O/c18-10-9-13-5-7-14(8-6-13)17(21)20-12-2-4-16(20)15-3-1-11-19-15/h1,3,5-8,11,16,19H,2,4,9-10,12,18H2. The quantitative estimate of drug-likeness (QED) is 0.905. The van der Waals surface area contributed by atoms with Crippen molar-refractivity contribution in [1.29, 1.82) is 0 Å². The number of H-pyrrole nitrogens is 1. The second-order valence-electron chi connectivity index (χ2n) is 5.52. The summed E-state index contributed by atoms with van der Waals surface area (Å²) >= 11 is 0. The number of rotatable bonds is 4. The van der Waals surface area contributed by atoms with Gasteiger partial charge in [-0.1, -0.05) is 12.1 Å². The van der Waals surface area contributed by atoms with Gasteiger partial charge in [-0.05, 0) is 55.6 Å². The molecule has 4 nitrogen and oxygen atoms in total. The smallest absolute Gasteiger partial charge is 0.254 e. The number of nitrogens with two attached hydrogens (primary N) is 1. The summed E-state index contributed by atoms with van der Waals surface area (Å²) < 4.78 is 0. The Morgan fingerprint density at radius 1 is 1.29 bits per heavy atom. The summed E-state index contributed by atoms with van der Waals surface area (Å²) in [5.41, 5.74) is 8.61. The molecular weight excluding hydrogens is 262 g/mol. The molecule has 0 aliphatic carbocycles. The van der Waals surface area contributed by atoms with Crippen molar-refractivity contribution >= 4 is 5.91 Å². The summed E-state index contributed by atoms with van der Waals surface area (Å²) in [5, 5.41) is 0. The largest absolute Gasteiger partial charge is 0.363 e. The highest BCUT2D eigenvalue weighted by Crippen LogP contribution is 2.32. The number of hydrogen-bond acceptors (Lipinski definition) is 2. The van der Waals surface area contributed by atoms with Gasteiger partial charge >= 0.3 is 0 Å². The van der Waals surface area contributed by atoms with Crippen LogP contribution in [0.1, 0.15) is 40.5 Å². The maximum atomic E-state index is 12.7. The van der Waals surface area contributed by atoms with Crippen molar-refractivity contribution in [2.75, 3.05) is 13.1 Å². The monoisotopic (exact) mass is 283 g/mol. The van der Waals surface area contributed by atoms with E-state index in [9.17, 15) is 4.79 Å². The second kappa shape index (κ2) is 6.14. The molecule has 4 heteroatoms. The van der Waals surface area contributed by atoms with Crippen molar-refractivity contribution in [3.63, 3.8) is 0 Å². The summed E-state index contributed by atoms with van der Waals surface area (Å²) in [5.74, 6) is 0.117. The molecule has 3 N–H and O–H groups in total. The Morgan fingerprint density at radius 3 is 2.76 bits per heavy atom. The van der Waals surface area contributed by atoms with E-state index < -0.39 is 0 Å². The van der Waals surface area contributed by atoms with Gasteiger partial charge in [0.1, 0.15) is 0 Å². The van der Waals surface area contributed by atoms with Crippen molar-refractivity contribution in [3.05, 3.63) is 59.4 Å². The lowest BCUT2D eigenvalue weighted by Gasteiger charge is -2.24. The third-order valence-corrected chi connectivity index (χ3v) is 4.13. The predicted molar refractivity (Wildman–Crippen MR) is 83.0 cm³/mol. The molecule has 1 aromatic heterocycles. The first-order chi connectivity index (χ1) is 10.3. The van der Waals surface area contributed by atoms with Crippen LogP contribution in [0.15, 0.2) is 42.6 Å². The van der Waals surface area contributed by atoms with Crippen LogP contribution >= 0.6 is 0 Å². The third kappa shape index (κ3) is 2.85. The van der Waals surface area contributed by atoms with Gasteiger partial charge in [0, 0.05) is 24.0 Å². The van der Waals surface area contributed by atoms with Crippen molar-refractivity contribution in [2.24, 2.45) is 5.73 Å². The van der Waals surface area contributed by atoms with E-state index in [0.717, 1.165) is 37.1 Å². The molecule has 110 valence electrons. The Morgan fingerprint density at radius 2 is 2.10 bits per heavy atom. The van der Waals surface area contributed by atoms with Crippen LogP contribution in [-0.4, -0.2) is 28.9 Å². The number of amides is 1. The fourth-order valence-corrected chi connectivity index (χ4v) is 3.03. The Balaban J connectivity index is 1.77. The zero-order valence-corrected chi connectivity index (χ0v) is 12.1. The number of likely N-dealkylation sites (tertiary alicyclic amines) is 1. The molecular formula is C17H21N3O. The van der Waals surface area contributed by atoms with E-state index in [2.05, 4.69) is 11.1 Å². The SMILES string of the molecule is NCCc1ccc(C(=O)N2CCCC2c2ccc[nH]2)cc1. The van der Waals surface area contributed by atoms with Crippen LogP contribution in [0.2, 0.25) is 0 Å². The molecule has 2 heterocycles. The van der Waals surface area contributed by atoms with E-state index in [4.69, 9.17) is 5.73 Å². The molecule has 3 rings (SSSR count). The molecule has 1 aromatic carbocycles. The lowest BCUT2D eigenvalue weighted by atomic mass is 10.1. The molecule has 0 bridgehead atoms. The Labute approximate surface area is 125 Å². The molecule has 0 saturated carbocycles. The van der Waals surface area contributed by atoms with Gasteiger partial charge in [0.25, 0.3) is 5.91 Å². The molecule has 1 aliphatic rings. The molecule has 1 fully saturated rings. The zero-order chi connectivity index (χ0) is 14.7. The first-order valence-corrected chi connectivity index (χ1v) is 7.53. The predicted octanol–water partition coefficient (Wildman–Crippen LogP) is 2.49. The first kappa shape index (κ1) is 13.9. The summed E-state index contributed by atoms with van der Waals surface area (Å²) in [6.07, 6.45) is 4.85. The maximum Gasteiger partial charge on any atom is 0.254 e. The second-order valence-corrected chi connectivity index (χ2v) is 5.52. The molecule has 1 saturated heterocycles. The van der Waals surface area contributed by atoms with Crippen LogP contribution in [-0.2, 0) is 6.42 Å². The van der Waals surface area contributed by atoms with Gasteiger partial charge in [0.2, 0.25) is 0 Å². The highest BCUT2D eigenvalue weighted by molar-refractivity contribution is 5.94. The van der Waals surface area contributed by atoms with Crippen LogP contribution in [0, 0.1) is 0 Å². The highest BCUT2D eigenvalue weighted by atomic mass is 16.2. The Kier molecular flexibility index (Phi) is 4.06. The van der Waals surface area contributed by atoms with Crippen LogP contribution in [0.3, 0.4) is 0 Å². The Bertz CT molecular complexity index is 589. The van der Waals surface area contributed by atoms with E-state index in [1.54, 1.807) is 0 Å². The number of hydrogen-bond donors (Lipinski definition) is 2. The molecule has 0 radical (unpaired) electrons. The zero-order valence-electron chi connectivity index (χ0n) is 12.1. The van der Waals surface area contributed by atoms with Gasteiger partial charge < -0.3 is 15.6 Å². The topological polar surface area (TPSA) is 62.1 Å². The van der Waals surface area contributed by atoms with Crippen molar-refractivity contribution in [1.82, 2.24) is 9.88 Å². The summed E-state index contributed by atoms with van der Waals surface area (Å²) in [7, 11) is 0. The summed E-state index contributed by atoms with van der Waals surface area (Å²) in [4.78, 5) is 17.9. The van der Waals surface area contributed by atoms with Crippen molar-refractivity contribution in [3.8, 4) is 0 Å². The van der Waals surface area contributed by atoms with E-state index >= 15 is 0 Å². The fraction of sp³-hybridized carbons (Fsp3) is 0.353. The van der Waals surface area contributed by atoms with Gasteiger partial charge in [-0.25, -0.2) is 0 Å². The number of benzene rings is 1. The molecule has 1 unspecified atom stereocenters. The van der Waals surface area contributed by atoms with Crippen LogP contribution in [0.25, 0.3) is 0 Å². The number of aromatic amines is 1. The fourth-order valence-electron chi connectivity index (χ4n) is 3.03. The molecule has 1 aliphatic heterocycles. The molecule has 21 heavy (non-hydrogen) atoms. The molecule has 0 spiro atoms. The number of aromatic nitrogens is 1. The normalized spacial score (nSPS) is 18.1. The lowest BCUT2D eigenvalue weighted by molar-refractivity contribution is 0.0733. The minimum Gasteiger partial charge on any atom is -0.363 e. The third-order valence-electron chi connectivity index (χ3n) is 4.13. The van der Waals surface area contributed by atoms with Crippen molar-refractivity contribution in [2.45, 2.75) is 25.3 Å². The van der Waals surface area contributed by atoms with Gasteiger partial charge in [0.05, 0.1) is 6.04 Å². The maximum absolute atomic E-state index is 12.7. The molecule has 2 aromatic rings. The molecule has 1 amide bonds. The summed E-state index contributed by atoms with van der Waals surface area (Å²) in [6.45, 7) is 1.46. The van der Waals surface area contributed by atoms with Gasteiger partial charge in [-0.2, -0.15) is 0 Å². The van der Waals surface area contributed by atoms with Crippen LogP contribution < -0.4 is 5.73 Å². The number of carbonyl (C=O) groups is 1. The average molecular weight is 283 g/mol. The van der Waals surface area contributed by atoms with Gasteiger partial charge in [-0.3, -0.25) is 4.79 Å². The number of carbonyl (C=O) groups excluding carboxylic acids is 1. The van der Waals surface area contributed by atoms with E-state index in [1.807, 2.05) is 41.4 Å². The van der Waals surface area contributed by atoms with Crippen LogP contribution in [0.5, 0.6) is 0 Å². The molecule has 1 atom stereocenters. The minimum atomic E-state index is 0.117. The van der Waals surface area contributed by atoms with E-state index in [-0.39, 0.29) is 11.9 Å². The number of nitrogens with one attached hydrogen (secondary N) is 1. The van der Waals surface area contributed by atoms with E-state index in [1.165, 1.54) is 5.56 Å². The van der Waals surface area contributed by atoms with Gasteiger partial charge in [0.15, 0.2) is 0 Å². The number of nitrogens with zero attached hydrogens (tertiary/aromatic N) is 1. The van der Waals surface area contributed by atoms with Gasteiger partial charge in [-0.15, -0.1) is 0 Å². The van der Waals surface area contributed by atoms with Crippen LogP contribution in [0.4, 0.5) is 0 Å². The van der Waals surface area contributed by atoms with E-state index in [0.29, 0.717) is 6.54 Å². The average Bonchev–Trinajstić information content (AvgIpc) is 3.18. The summed E-state index contributed by atoms with van der Waals surface area (Å²) in [6, 6.07) is 12.0. The Hall–Kier alpha value is -2.07. The van der Waals surface area contributed by atoms with Crippen molar-refractivity contribution < 1.29 is 4.79 Å². The lowest BCUT2D eigenvalue weighted by Crippen LogP contribution is -2.30. The first-order valence-electron chi connectivity index (χ1n) is 7.53. The highest BCUT2D eigenvalue weighted by Gasteiger charge is 2.30.